The van der Waals surface area contributed by atoms with E-state index in [1.807, 2.05) is 23.6 Å². The molecule has 1 aliphatic carbocycles. The highest BCUT2D eigenvalue weighted by atomic mass is 32.2. The Kier molecular flexibility index (Phi) is 5.31. The predicted octanol–water partition coefficient (Wildman–Crippen LogP) is 3.07. The van der Waals surface area contributed by atoms with Crippen LogP contribution in [-0.4, -0.2) is 31.9 Å². The first kappa shape index (κ1) is 17.2. The maximum atomic E-state index is 12.4. The van der Waals surface area contributed by atoms with Gasteiger partial charge in [0.05, 0.1) is 18.3 Å². The molecule has 8 heteroatoms. The van der Waals surface area contributed by atoms with Crippen molar-refractivity contribution in [2.75, 3.05) is 5.75 Å². The number of amides is 1. The van der Waals surface area contributed by atoms with E-state index in [-0.39, 0.29) is 11.9 Å². The lowest BCUT2D eigenvalue weighted by Crippen LogP contribution is -2.32. The van der Waals surface area contributed by atoms with Crippen LogP contribution in [0.4, 0.5) is 0 Å². The minimum absolute atomic E-state index is 0.0161. The van der Waals surface area contributed by atoms with E-state index in [4.69, 9.17) is 0 Å². The van der Waals surface area contributed by atoms with Crippen molar-refractivity contribution in [3.8, 4) is 0 Å². The third-order valence-electron chi connectivity index (χ3n) is 4.42. The molecule has 134 valence electrons. The maximum absolute atomic E-state index is 12.4. The number of hydrogen-bond acceptors (Lipinski definition) is 6. The number of rotatable bonds is 6. The van der Waals surface area contributed by atoms with Gasteiger partial charge in [0.25, 0.3) is 0 Å². The van der Waals surface area contributed by atoms with Crippen LogP contribution in [0.1, 0.15) is 34.9 Å². The Labute approximate surface area is 160 Å². The smallest absolute Gasteiger partial charge is 0.230 e. The number of nitrogens with zero attached hydrogens (tertiary/aromatic N) is 4. The molecule has 1 aromatic carbocycles. The summed E-state index contributed by atoms with van der Waals surface area (Å²) in [5.74, 6) is 0.325. The lowest BCUT2D eigenvalue weighted by atomic mass is 9.88. The molecule has 2 aromatic heterocycles. The van der Waals surface area contributed by atoms with Crippen molar-refractivity contribution in [2.45, 2.75) is 37.0 Å². The number of carbonyl (C=O) groups excluding carboxylic acids is 1. The molecule has 1 aliphatic rings. The zero-order chi connectivity index (χ0) is 17.8. The molecule has 0 spiro atoms. The number of fused-ring (bicyclic) bond motifs is 1. The highest BCUT2D eigenvalue weighted by Gasteiger charge is 2.21. The van der Waals surface area contributed by atoms with Crippen molar-refractivity contribution >= 4 is 29.0 Å². The number of hydrogen-bond donors (Lipinski definition) is 1. The van der Waals surface area contributed by atoms with Crippen molar-refractivity contribution in [1.29, 1.82) is 0 Å². The van der Waals surface area contributed by atoms with E-state index in [2.05, 4.69) is 39.0 Å². The van der Waals surface area contributed by atoms with E-state index in [0.717, 1.165) is 19.3 Å². The minimum Gasteiger partial charge on any atom is -0.349 e. The fraction of sp³-hybridized carbons (Fsp3) is 0.333. The van der Waals surface area contributed by atoms with Gasteiger partial charge in [-0.25, -0.2) is 4.68 Å². The van der Waals surface area contributed by atoms with Crippen molar-refractivity contribution in [3.05, 3.63) is 57.8 Å². The van der Waals surface area contributed by atoms with Crippen LogP contribution in [0, 0.1) is 0 Å². The van der Waals surface area contributed by atoms with Crippen LogP contribution in [0.2, 0.25) is 0 Å². The molecule has 1 atom stereocenters. The molecule has 26 heavy (non-hydrogen) atoms. The van der Waals surface area contributed by atoms with Gasteiger partial charge in [-0.3, -0.25) is 4.79 Å². The molecule has 1 amide bonds. The predicted molar refractivity (Wildman–Crippen MR) is 102 cm³/mol. The third-order valence-corrected chi connectivity index (χ3v) is 6.24. The van der Waals surface area contributed by atoms with Gasteiger partial charge >= 0.3 is 0 Å². The van der Waals surface area contributed by atoms with E-state index < -0.39 is 0 Å². The van der Waals surface area contributed by atoms with Crippen molar-refractivity contribution in [3.63, 3.8) is 0 Å². The average Bonchev–Trinajstić information content (AvgIpc) is 3.33. The summed E-state index contributed by atoms with van der Waals surface area (Å²) < 4.78 is 1.74. The molecule has 6 nitrogen and oxygen atoms in total. The standard InChI is InChI=1S/C18H19N5OS2/c24-17(19-16-9-3-6-13-5-1-2-8-15(13)16)12-26-18-20-21-22-23(18)11-14-7-4-10-25-14/h1-2,4-5,7-8,10,16H,3,6,9,11-12H2,(H,19,24)/t16-/m0/s1. The summed E-state index contributed by atoms with van der Waals surface area (Å²) in [6.45, 7) is 0.630. The molecular weight excluding hydrogens is 366 g/mol. The lowest BCUT2D eigenvalue weighted by molar-refractivity contribution is -0.119. The molecule has 0 unspecified atom stereocenters. The van der Waals surface area contributed by atoms with Crippen molar-refractivity contribution in [2.24, 2.45) is 0 Å². The summed E-state index contributed by atoms with van der Waals surface area (Å²) in [4.78, 5) is 13.6. The summed E-state index contributed by atoms with van der Waals surface area (Å²) in [5, 5.41) is 17.7. The van der Waals surface area contributed by atoms with E-state index in [1.54, 1.807) is 16.0 Å². The first-order chi connectivity index (χ1) is 12.8. The second-order valence-corrected chi connectivity index (χ2v) is 8.17. The number of aryl methyl sites for hydroxylation is 1. The Balaban J connectivity index is 1.35. The lowest BCUT2D eigenvalue weighted by Gasteiger charge is -2.26. The number of thioether (sulfide) groups is 1. The largest absolute Gasteiger partial charge is 0.349 e. The fourth-order valence-electron chi connectivity index (χ4n) is 3.22. The Hall–Kier alpha value is -2.19. The fourth-order valence-corrected chi connectivity index (χ4v) is 4.59. The molecule has 4 rings (SSSR count). The summed E-state index contributed by atoms with van der Waals surface area (Å²) in [6.07, 6.45) is 3.19. The van der Waals surface area contributed by atoms with E-state index in [0.29, 0.717) is 17.5 Å². The van der Waals surface area contributed by atoms with Gasteiger partial charge < -0.3 is 5.32 Å². The van der Waals surface area contributed by atoms with Gasteiger partial charge in [-0.15, -0.1) is 16.4 Å². The van der Waals surface area contributed by atoms with Crippen LogP contribution in [0.25, 0.3) is 0 Å². The van der Waals surface area contributed by atoms with Crippen LogP contribution >= 0.6 is 23.1 Å². The molecule has 0 aliphatic heterocycles. The Morgan fingerprint density at radius 1 is 1.31 bits per heavy atom. The number of tetrazole rings is 1. The van der Waals surface area contributed by atoms with Crippen LogP contribution in [0.5, 0.6) is 0 Å². The molecule has 0 bridgehead atoms. The van der Waals surface area contributed by atoms with E-state index >= 15 is 0 Å². The summed E-state index contributed by atoms with van der Waals surface area (Å²) >= 11 is 3.04. The second kappa shape index (κ2) is 8.01. The molecule has 0 fully saturated rings. The normalized spacial score (nSPS) is 16.2. The van der Waals surface area contributed by atoms with Crippen LogP contribution in [-0.2, 0) is 17.8 Å². The van der Waals surface area contributed by atoms with Gasteiger partial charge in [0, 0.05) is 4.88 Å². The van der Waals surface area contributed by atoms with E-state index in [9.17, 15) is 4.79 Å². The maximum Gasteiger partial charge on any atom is 0.230 e. The molecule has 0 radical (unpaired) electrons. The van der Waals surface area contributed by atoms with Crippen LogP contribution in [0.15, 0.2) is 46.9 Å². The molecule has 1 N–H and O–H groups in total. The van der Waals surface area contributed by atoms with Gasteiger partial charge in [0.2, 0.25) is 11.1 Å². The highest BCUT2D eigenvalue weighted by Crippen LogP contribution is 2.29. The Morgan fingerprint density at radius 3 is 3.12 bits per heavy atom. The highest BCUT2D eigenvalue weighted by molar-refractivity contribution is 7.99. The van der Waals surface area contributed by atoms with Gasteiger partial charge in [0.15, 0.2) is 0 Å². The minimum atomic E-state index is 0.0161. The zero-order valence-electron chi connectivity index (χ0n) is 14.2. The second-order valence-electron chi connectivity index (χ2n) is 6.20. The van der Waals surface area contributed by atoms with E-state index in [1.165, 1.54) is 27.8 Å². The number of nitrogens with one attached hydrogen (secondary N) is 1. The summed E-state index contributed by atoms with van der Waals surface area (Å²) in [5.41, 5.74) is 2.59. The number of benzene rings is 1. The quantitative estimate of drug-likeness (QED) is 0.660. The molecule has 0 saturated carbocycles. The average molecular weight is 386 g/mol. The Morgan fingerprint density at radius 2 is 2.23 bits per heavy atom. The number of carbonyl (C=O) groups is 1. The topological polar surface area (TPSA) is 72.7 Å². The van der Waals surface area contributed by atoms with Gasteiger partial charge in [-0.05, 0) is 52.3 Å². The molecular formula is C18H19N5OS2. The molecule has 0 saturated heterocycles. The molecule has 3 aromatic rings. The zero-order valence-corrected chi connectivity index (χ0v) is 15.8. The summed E-state index contributed by atoms with van der Waals surface area (Å²) in [7, 11) is 0. The third kappa shape index (κ3) is 3.96. The first-order valence-electron chi connectivity index (χ1n) is 8.58. The van der Waals surface area contributed by atoms with Crippen LogP contribution in [0.3, 0.4) is 0 Å². The van der Waals surface area contributed by atoms with Gasteiger partial charge in [-0.2, -0.15) is 0 Å². The van der Waals surface area contributed by atoms with Crippen molar-refractivity contribution in [1.82, 2.24) is 25.5 Å². The number of aromatic nitrogens is 4. The first-order valence-corrected chi connectivity index (χ1v) is 10.4. The Bertz CT molecular complexity index is 877. The van der Waals surface area contributed by atoms with Gasteiger partial charge in [-0.1, -0.05) is 42.1 Å². The van der Waals surface area contributed by atoms with Crippen molar-refractivity contribution < 1.29 is 4.79 Å². The van der Waals surface area contributed by atoms with Gasteiger partial charge in [0.1, 0.15) is 0 Å². The number of thiophene rings is 1. The molecule has 2 heterocycles. The monoisotopic (exact) mass is 385 g/mol. The van der Waals surface area contributed by atoms with Crippen LogP contribution < -0.4 is 5.32 Å². The summed E-state index contributed by atoms with van der Waals surface area (Å²) in [6, 6.07) is 12.5. The SMILES string of the molecule is O=C(CSc1nnnn1Cc1cccs1)N[C@H]1CCCc2ccccc21.